The summed E-state index contributed by atoms with van der Waals surface area (Å²) >= 11 is 0. The quantitative estimate of drug-likeness (QED) is 0.0683. The largest absolute Gasteiger partial charge is 0.356 e. The molecule has 0 aliphatic rings. The van der Waals surface area contributed by atoms with Gasteiger partial charge in [-0.05, 0) is 399 Å². The lowest BCUT2D eigenvalue weighted by molar-refractivity contribution is 0.794. The maximum absolute atomic E-state index is 3.81. The van der Waals surface area contributed by atoms with Crippen LogP contribution in [0.15, 0.2) is 255 Å². The van der Waals surface area contributed by atoms with Crippen LogP contribution in [0.25, 0.3) is 0 Å². The van der Waals surface area contributed by atoms with Crippen molar-refractivity contribution in [3.05, 3.63) is 377 Å². The predicted molar refractivity (Wildman–Crippen MR) is 502 cm³/mol. The van der Waals surface area contributed by atoms with Gasteiger partial charge >= 0.3 is 0 Å². The standard InChI is InChI=1S/C109H115N7/c1-23-24-25-89-66-87(21)109(88(22)67-89)116(108-85(19)64-74(8)65-86(108)20)101-50-42-97(43-51-101)112(96-40-48-100(49-41-96)114(104-77(11)56-70(4)57-78(104)12)105-79(13)58-71(5)59-80(105)14)94-36-30-91(31-37-94)110-90-28-34-93(35-29-90)111(92-32-26-68(2)27-33-92)95-38-44-98(45-39-95)113(103-75(9)54-69(3)55-76(103)10)99-46-52-102(53-47-99)115(106-81(15)60-72(6)61-82(106)16)107-83(17)62-73(7)63-84(107)18/h26-67,110H,23-25H2,1-22H3. The van der Waals surface area contributed by atoms with Crippen molar-refractivity contribution >= 4 is 114 Å². The van der Waals surface area contributed by atoms with Gasteiger partial charge in [0.15, 0.2) is 0 Å². The van der Waals surface area contributed by atoms with E-state index in [0.29, 0.717) is 0 Å². The SMILES string of the molecule is CCCCc1cc(C)c(N(c2ccc(N(c3ccc(Nc4ccc(N(c5ccc(C)cc5)c5ccc(N(c6ccc(N(c7c(C)cc(C)cc7C)c7c(C)cc(C)cc7C)cc6)c6c(C)cc(C)cc6C)cc5)cc4)cc3)c3ccc(N(c4c(C)cc(C)cc4C)c4c(C)cc(C)cc4C)cc3)cc2)c2c(C)cc(C)cc2C)c(C)c1. The van der Waals surface area contributed by atoms with Crippen molar-refractivity contribution in [2.24, 2.45) is 0 Å². The van der Waals surface area contributed by atoms with Gasteiger partial charge in [-0.1, -0.05) is 149 Å². The minimum absolute atomic E-state index is 0.982. The maximum Gasteiger partial charge on any atom is 0.0520 e. The molecular formula is C109H115N7. The highest BCUT2D eigenvalue weighted by atomic mass is 15.2. The summed E-state index contributed by atoms with van der Waals surface area (Å²) in [6, 6.07) is 96.0. The number of benzene rings is 14. The van der Waals surface area contributed by atoms with Crippen molar-refractivity contribution in [2.45, 2.75) is 172 Å². The van der Waals surface area contributed by atoms with Gasteiger partial charge in [0.25, 0.3) is 0 Å². The van der Waals surface area contributed by atoms with Gasteiger partial charge in [0.05, 0.1) is 39.8 Å². The van der Waals surface area contributed by atoms with Gasteiger partial charge in [0.2, 0.25) is 0 Å². The van der Waals surface area contributed by atoms with E-state index < -0.39 is 0 Å². The topological polar surface area (TPSA) is 31.5 Å². The second kappa shape index (κ2) is 33.6. The number of rotatable bonds is 23. The molecule has 7 nitrogen and oxygen atoms in total. The second-order valence-electron chi connectivity index (χ2n) is 33.3. The van der Waals surface area contributed by atoms with Crippen molar-refractivity contribution in [1.82, 2.24) is 0 Å². The molecule has 0 amide bonds. The Balaban J connectivity index is 0.803. The molecular weight excluding hydrogens is 1410 g/mol. The summed E-state index contributed by atoms with van der Waals surface area (Å²) < 4.78 is 0. The van der Waals surface area contributed by atoms with E-state index in [1.54, 1.807) is 0 Å². The first-order valence-corrected chi connectivity index (χ1v) is 41.4. The number of hydrogen-bond acceptors (Lipinski definition) is 7. The lowest BCUT2D eigenvalue weighted by Gasteiger charge is -2.33. The number of unbranched alkanes of at least 4 members (excludes halogenated alkanes) is 1. The molecule has 0 saturated carbocycles. The van der Waals surface area contributed by atoms with Gasteiger partial charge in [-0.3, -0.25) is 0 Å². The lowest BCUT2D eigenvalue weighted by atomic mass is 9.97. The van der Waals surface area contributed by atoms with Gasteiger partial charge in [-0.2, -0.15) is 0 Å². The van der Waals surface area contributed by atoms with Crippen LogP contribution in [0, 0.1) is 145 Å². The van der Waals surface area contributed by atoms with Crippen molar-refractivity contribution in [1.29, 1.82) is 0 Å². The van der Waals surface area contributed by atoms with Gasteiger partial charge < -0.3 is 34.7 Å². The Hall–Kier alpha value is -12.3. The molecule has 14 aromatic rings. The molecule has 0 heterocycles. The van der Waals surface area contributed by atoms with Crippen LogP contribution >= 0.6 is 0 Å². The molecule has 116 heavy (non-hydrogen) atoms. The molecule has 586 valence electrons. The molecule has 0 spiro atoms. The van der Waals surface area contributed by atoms with E-state index in [-0.39, 0.29) is 0 Å². The van der Waals surface area contributed by atoms with Crippen molar-refractivity contribution in [3.8, 4) is 0 Å². The summed E-state index contributed by atoms with van der Waals surface area (Å²) in [6.07, 6.45) is 3.42. The van der Waals surface area contributed by atoms with E-state index >= 15 is 0 Å². The van der Waals surface area contributed by atoms with E-state index in [1.807, 2.05) is 0 Å². The van der Waals surface area contributed by atoms with Crippen LogP contribution in [0.3, 0.4) is 0 Å². The zero-order valence-electron chi connectivity index (χ0n) is 72.6. The first kappa shape index (κ1) is 80.3. The number of anilines is 20. The first-order chi connectivity index (χ1) is 55.6. The van der Waals surface area contributed by atoms with E-state index in [4.69, 9.17) is 0 Å². The molecule has 0 atom stereocenters. The molecule has 0 fully saturated rings. The molecule has 14 rings (SSSR count). The third-order valence-corrected chi connectivity index (χ3v) is 23.0. The molecule has 0 aromatic heterocycles. The number of hydrogen-bond donors (Lipinski definition) is 1. The van der Waals surface area contributed by atoms with Gasteiger partial charge in [-0.25, -0.2) is 0 Å². The maximum atomic E-state index is 3.81. The Kier molecular flexibility index (Phi) is 23.3. The Morgan fingerprint density at radius 1 is 0.181 bits per heavy atom. The normalized spacial score (nSPS) is 11.3. The summed E-state index contributed by atoms with van der Waals surface area (Å²) in [6.45, 7) is 49.2. The van der Waals surface area contributed by atoms with E-state index in [9.17, 15) is 0 Å². The van der Waals surface area contributed by atoms with Crippen molar-refractivity contribution in [2.75, 3.05) is 34.7 Å². The smallest absolute Gasteiger partial charge is 0.0520 e. The van der Waals surface area contributed by atoms with Crippen LogP contribution < -0.4 is 34.7 Å². The van der Waals surface area contributed by atoms with E-state index in [1.165, 1.54) is 175 Å². The van der Waals surface area contributed by atoms with E-state index in [2.05, 4.69) is 442 Å². The average molecular weight is 1520 g/mol. The predicted octanol–water partition coefficient (Wildman–Crippen LogP) is 32.1. The van der Waals surface area contributed by atoms with Gasteiger partial charge in [0.1, 0.15) is 0 Å². The fraction of sp³-hybridized carbons (Fsp3) is 0.229. The second-order valence-corrected chi connectivity index (χ2v) is 33.3. The van der Waals surface area contributed by atoms with Crippen molar-refractivity contribution in [3.63, 3.8) is 0 Å². The minimum Gasteiger partial charge on any atom is -0.356 e. The van der Waals surface area contributed by atoms with Crippen LogP contribution in [0.1, 0.15) is 142 Å². The summed E-state index contributed by atoms with van der Waals surface area (Å²) in [5.74, 6) is 0. The van der Waals surface area contributed by atoms with Gasteiger partial charge in [-0.15, -0.1) is 0 Å². The molecule has 0 aliphatic heterocycles. The highest BCUT2D eigenvalue weighted by molar-refractivity contribution is 5.91. The monoisotopic (exact) mass is 1520 g/mol. The number of nitrogens with one attached hydrogen (secondary N) is 1. The highest BCUT2D eigenvalue weighted by Gasteiger charge is 2.28. The van der Waals surface area contributed by atoms with E-state index in [0.717, 1.165) is 80.4 Å². The Morgan fingerprint density at radius 2 is 0.345 bits per heavy atom. The Bertz CT molecular complexity index is 5670. The summed E-state index contributed by atoms with van der Waals surface area (Å²) in [5, 5.41) is 3.81. The molecule has 7 heteroatoms. The van der Waals surface area contributed by atoms with Crippen LogP contribution in [-0.2, 0) is 6.42 Å². The average Bonchev–Trinajstić information content (AvgIpc) is 0.768. The molecule has 0 bridgehead atoms. The van der Waals surface area contributed by atoms with Crippen molar-refractivity contribution < 1.29 is 0 Å². The number of aryl methyl sites for hydroxylation is 22. The summed E-state index contributed by atoms with van der Waals surface area (Å²) in [7, 11) is 0. The highest BCUT2D eigenvalue weighted by Crippen LogP contribution is 2.50. The molecule has 0 unspecified atom stereocenters. The zero-order valence-corrected chi connectivity index (χ0v) is 72.6. The first-order valence-electron chi connectivity index (χ1n) is 41.4. The van der Waals surface area contributed by atoms with Crippen LogP contribution in [0.2, 0.25) is 0 Å². The molecule has 1 N–H and O–H groups in total. The number of nitrogens with zero attached hydrogens (tertiary/aromatic N) is 6. The fourth-order valence-corrected chi connectivity index (χ4v) is 18.7. The van der Waals surface area contributed by atoms with Crippen LogP contribution in [0.4, 0.5) is 114 Å². The Morgan fingerprint density at radius 3 is 0.552 bits per heavy atom. The summed E-state index contributed by atoms with van der Waals surface area (Å²) in [4.78, 5) is 14.7. The molecule has 0 saturated heterocycles. The fourth-order valence-electron chi connectivity index (χ4n) is 18.7. The third-order valence-electron chi connectivity index (χ3n) is 23.0. The zero-order chi connectivity index (χ0) is 82.2. The third kappa shape index (κ3) is 16.5. The lowest BCUT2D eigenvalue weighted by Crippen LogP contribution is -2.17. The molecule has 14 aromatic carbocycles. The minimum atomic E-state index is 0.982. The van der Waals surface area contributed by atoms with Gasteiger partial charge in [0, 0.05) is 73.9 Å². The van der Waals surface area contributed by atoms with Crippen LogP contribution in [0.5, 0.6) is 0 Å². The molecule has 0 radical (unpaired) electrons. The molecule has 0 aliphatic carbocycles. The van der Waals surface area contributed by atoms with Crippen LogP contribution in [-0.4, -0.2) is 0 Å². The summed E-state index contributed by atoms with van der Waals surface area (Å²) in [5.41, 5.74) is 49.9. The Labute approximate surface area is 692 Å².